The van der Waals surface area contributed by atoms with Gasteiger partial charge in [-0.25, -0.2) is 9.78 Å². The molecule has 0 aromatic carbocycles. The molecule has 1 atom stereocenters. The highest BCUT2D eigenvalue weighted by molar-refractivity contribution is 7.09. The average molecular weight is 214 g/mol. The first-order valence-electron chi connectivity index (χ1n) is 4.37. The van der Waals surface area contributed by atoms with Crippen molar-refractivity contribution in [1.82, 2.24) is 10.3 Å². The van der Waals surface area contributed by atoms with Crippen molar-refractivity contribution in [3.05, 3.63) is 16.1 Å². The van der Waals surface area contributed by atoms with Crippen LogP contribution in [0.25, 0.3) is 0 Å². The molecule has 0 aliphatic carbocycles. The Morgan fingerprint density at radius 3 is 3.07 bits per heavy atom. The van der Waals surface area contributed by atoms with Crippen LogP contribution >= 0.6 is 11.3 Å². The van der Waals surface area contributed by atoms with Crippen molar-refractivity contribution in [3.63, 3.8) is 0 Å². The molecule has 0 aliphatic heterocycles. The minimum absolute atomic E-state index is 0.323. The summed E-state index contributed by atoms with van der Waals surface area (Å²) in [4.78, 5) is 15.3. The molecule has 0 spiro atoms. The summed E-state index contributed by atoms with van der Waals surface area (Å²) in [5.41, 5.74) is 0.399. The summed E-state index contributed by atoms with van der Waals surface area (Å²) in [6.45, 7) is 2.92. The lowest BCUT2D eigenvalue weighted by molar-refractivity contribution is 0.0594. The molecular weight excluding hydrogens is 200 g/mol. The van der Waals surface area contributed by atoms with E-state index in [1.165, 1.54) is 18.4 Å². The van der Waals surface area contributed by atoms with Gasteiger partial charge in [-0.05, 0) is 7.05 Å². The van der Waals surface area contributed by atoms with Crippen LogP contribution in [0.15, 0.2) is 5.38 Å². The van der Waals surface area contributed by atoms with Gasteiger partial charge in [-0.2, -0.15) is 0 Å². The number of rotatable bonds is 4. The van der Waals surface area contributed by atoms with Crippen molar-refractivity contribution >= 4 is 17.3 Å². The maximum absolute atomic E-state index is 11.1. The Bertz CT molecular complexity index is 312. The van der Waals surface area contributed by atoms with Gasteiger partial charge in [0.1, 0.15) is 0 Å². The second-order valence-corrected chi connectivity index (χ2v) is 3.91. The number of carbonyl (C=O) groups is 1. The normalized spacial score (nSPS) is 12.5. The predicted octanol–water partition coefficient (Wildman–Crippen LogP) is 1.25. The predicted molar refractivity (Wildman–Crippen MR) is 55.8 cm³/mol. The first-order valence-corrected chi connectivity index (χ1v) is 5.25. The maximum Gasteiger partial charge on any atom is 0.357 e. The second kappa shape index (κ2) is 5.07. The minimum atomic E-state index is -0.371. The SMILES string of the molecule is CNCC(C)c1nc(C(=O)OC)cs1. The largest absolute Gasteiger partial charge is 0.464 e. The smallest absolute Gasteiger partial charge is 0.357 e. The lowest BCUT2D eigenvalue weighted by Crippen LogP contribution is -2.14. The van der Waals surface area contributed by atoms with Gasteiger partial charge in [0.15, 0.2) is 5.69 Å². The average Bonchev–Trinajstić information content (AvgIpc) is 2.66. The highest BCUT2D eigenvalue weighted by atomic mass is 32.1. The Labute approximate surface area is 87.3 Å². The number of ether oxygens (including phenoxy) is 1. The number of carbonyl (C=O) groups excluding carboxylic acids is 1. The summed E-state index contributed by atoms with van der Waals surface area (Å²) in [5, 5.41) is 5.76. The lowest BCUT2D eigenvalue weighted by Gasteiger charge is -2.05. The zero-order valence-corrected chi connectivity index (χ0v) is 9.35. The van der Waals surface area contributed by atoms with Crippen LogP contribution in [0.2, 0.25) is 0 Å². The highest BCUT2D eigenvalue weighted by Crippen LogP contribution is 2.19. The molecule has 14 heavy (non-hydrogen) atoms. The van der Waals surface area contributed by atoms with E-state index in [4.69, 9.17) is 0 Å². The second-order valence-electron chi connectivity index (χ2n) is 3.02. The van der Waals surface area contributed by atoms with E-state index in [-0.39, 0.29) is 5.97 Å². The quantitative estimate of drug-likeness (QED) is 0.766. The first-order chi connectivity index (χ1) is 6.69. The fourth-order valence-electron chi connectivity index (χ4n) is 1.11. The monoisotopic (exact) mass is 214 g/mol. The Balaban J connectivity index is 2.72. The minimum Gasteiger partial charge on any atom is -0.464 e. The number of hydrogen-bond acceptors (Lipinski definition) is 5. The molecule has 0 saturated heterocycles. The molecule has 5 heteroatoms. The van der Waals surface area contributed by atoms with Crippen LogP contribution in [0.3, 0.4) is 0 Å². The van der Waals surface area contributed by atoms with Gasteiger partial charge in [-0.3, -0.25) is 0 Å². The van der Waals surface area contributed by atoms with Crippen LogP contribution in [0, 0.1) is 0 Å². The molecule has 1 rings (SSSR count). The van der Waals surface area contributed by atoms with Gasteiger partial charge in [0.25, 0.3) is 0 Å². The van der Waals surface area contributed by atoms with Crippen LogP contribution in [-0.4, -0.2) is 31.7 Å². The highest BCUT2D eigenvalue weighted by Gasteiger charge is 2.14. The van der Waals surface area contributed by atoms with E-state index >= 15 is 0 Å². The van der Waals surface area contributed by atoms with Crippen LogP contribution < -0.4 is 5.32 Å². The standard InChI is InChI=1S/C9H14N2O2S/c1-6(4-10-2)8-11-7(5-14-8)9(12)13-3/h5-6,10H,4H2,1-3H3. The molecule has 0 aliphatic rings. The lowest BCUT2D eigenvalue weighted by atomic mass is 10.2. The molecule has 4 nitrogen and oxygen atoms in total. The van der Waals surface area contributed by atoms with Crippen LogP contribution in [0.5, 0.6) is 0 Å². The van der Waals surface area contributed by atoms with Crippen LogP contribution in [0.1, 0.15) is 28.3 Å². The van der Waals surface area contributed by atoms with Gasteiger partial charge < -0.3 is 10.1 Å². The number of aromatic nitrogens is 1. The van der Waals surface area contributed by atoms with Gasteiger partial charge in [-0.1, -0.05) is 6.92 Å². The number of methoxy groups -OCH3 is 1. The number of esters is 1. The van der Waals surface area contributed by atoms with Gasteiger partial charge in [0, 0.05) is 17.8 Å². The van der Waals surface area contributed by atoms with Crippen molar-refractivity contribution in [2.45, 2.75) is 12.8 Å². The summed E-state index contributed by atoms with van der Waals surface area (Å²) >= 11 is 1.49. The molecule has 1 unspecified atom stereocenters. The number of likely N-dealkylation sites (N-methyl/N-ethyl adjacent to an activating group) is 1. The zero-order valence-electron chi connectivity index (χ0n) is 8.53. The number of nitrogens with zero attached hydrogens (tertiary/aromatic N) is 1. The third-order valence-electron chi connectivity index (χ3n) is 1.85. The molecule has 1 aromatic heterocycles. The van der Waals surface area contributed by atoms with Crippen LogP contribution in [0.4, 0.5) is 0 Å². The molecule has 0 saturated carbocycles. The van der Waals surface area contributed by atoms with Crippen molar-refractivity contribution in [2.75, 3.05) is 20.7 Å². The fraction of sp³-hybridized carbons (Fsp3) is 0.556. The topological polar surface area (TPSA) is 51.2 Å². The molecule has 0 fully saturated rings. The van der Waals surface area contributed by atoms with Crippen molar-refractivity contribution in [2.24, 2.45) is 0 Å². The number of thiazole rings is 1. The zero-order chi connectivity index (χ0) is 10.6. The number of nitrogens with one attached hydrogen (secondary N) is 1. The summed E-state index contributed by atoms with van der Waals surface area (Å²) < 4.78 is 4.58. The summed E-state index contributed by atoms with van der Waals surface area (Å²) in [5.74, 6) is -0.0486. The Morgan fingerprint density at radius 1 is 1.79 bits per heavy atom. The first kappa shape index (κ1) is 11.1. The third-order valence-corrected chi connectivity index (χ3v) is 2.92. The molecular formula is C9H14N2O2S. The summed E-state index contributed by atoms with van der Waals surface area (Å²) in [7, 11) is 3.25. The van der Waals surface area contributed by atoms with Crippen LogP contribution in [-0.2, 0) is 4.74 Å². The molecule has 0 radical (unpaired) electrons. The summed E-state index contributed by atoms with van der Waals surface area (Å²) in [6.07, 6.45) is 0. The van der Waals surface area contributed by atoms with Gasteiger partial charge in [-0.15, -0.1) is 11.3 Å². The van der Waals surface area contributed by atoms with Gasteiger partial charge in [0.2, 0.25) is 0 Å². The van der Waals surface area contributed by atoms with E-state index in [1.54, 1.807) is 5.38 Å². The maximum atomic E-state index is 11.1. The third kappa shape index (κ3) is 2.52. The summed E-state index contributed by atoms with van der Waals surface area (Å²) in [6, 6.07) is 0. The molecule has 0 bridgehead atoms. The number of hydrogen-bond donors (Lipinski definition) is 1. The Kier molecular flexibility index (Phi) is 4.03. The van der Waals surface area contributed by atoms with E-state index in [0.29, 0.717) is 11.6 Å². The Hall–Kier alpha value is -0.940. The molecule has 1 N–H and O–H groups in total. The van der Waals surface area contributed by atoms with Gasteiger partial charge in [0.05, 0.1) is 12.1 Å². The molecule has 78 valence electrons. The molecule has 1 aromatic rings. The molecule has 0 amide bonds. The molecule has 1 heterocycles. The van der Waals surface area contributed by atoms with E-state index in [9.17, 15) is 4.79 Å². The Morgan fingerprint density at radius 2 is 2.50 bits per heavy atom. The van der Waals surface area contributed by atoms with Crippen molar-refractivity contribution in [1.29, 1.82) is 0 Å². The van der Waals surface area contributed by atoms with E-state index in [0.717, 1.165) is 11.6 Å². The van der Waals surface area contributed by atoms with E-state index in [1.807, 2.05) is 7.05 Å². The van der Waals surface area contributed by atoms with E-state index < -0.39 is 0 Å². The van der Waals surface area contributed by atoms with Crippen molar-refractivity contribution < 1.29 is 9.53 Å². The fourth-order valence-corrected chi connectivity index (χ4v) is 1.95. The van der Waals surface area contributed by atoms with E-state index in [2.05, 4.69) is 22.0 Å². The van der Waals surface area contributed by atoms with Gasteiger partial charge >= 0.3 is 5.97 Å². The van der Waals surface area contributed by atoms with Crippen molar-refractivity contribution in [3.8, 4) is 0 Å².